The van der Waals surface area contributed by atoms with Crippen molar-refractivity contribution in [1.82, 2.24) is 15.1 Å². The van der Waals surface area contributed by atoms with Crippen molar-refractivity contribution >= 4 is 44.4 Å². The van der Waals surface area contributed by atoms with Gasteiger partial charge < -0.3 is 5.32 Å². The van der Waals surface area contributed by atoms with E-state index >= 15 is 0 Å². The molecule has 1 aromatic heterocycles. The van der Waals surface area contributed by atoms with Crippen LogP contribution in [0.25, 0.3) is 0 Å². The summed E-state index contributed by atoms with van der Waals surface area (Å²) in [6.45, 7) is 1.25. The molecule has 2 aromatic carbocycles. The second kappa shape index (κ2) is 7.94. The van der Waals surface area contributed by atoms with E-state index in [1.54, 1.807) is 6.20 Å². The van der Waals surface area contributed by atoms with Crippen molar-refractivity contribution in [3.63, 3.8) is 0 Å². The molecule has 0 saturated heterocycles. The van der Waals surface area contributed by atoms with Crippen LogP contribution in [0.3, 0.4) is 0 Å². The minimum Gasteiger partial charge on any atom is -0.348 e. The molecule has 24 heavy (non-hydrogen) atoms. The van der Waals surface area contributed by atoms with Gasteiger partial charge in [-0.1, -0.05) is 40.2 Å². The molecule has 1 N–H and O–H groups in total. The van der Waals surface area contributed by atoms with E-state index in [1.165, 1.54) is 5.56 Å². The number of aromatic nitrogens is 2. The topological polar surface area (TPSA) is 46.9 Å². The van der Waals surface area contributed by atoms with E-state index in [9.17, 15) is 4.79 Å². The Morgan fingerprint density at radius 2 is 1.92 bits per heavy atom. The Labute approximate surface area is 162 Å². The zero-order valence-corrected chi connectivity index (χ0v) is 16.5. The molecule has 1 heterocycles. The number of halogens is 2. The predicted octanol–water partition coefficient (Wildman–Crippen LogP) is 4.23. The summed E-state index contributed by atoms with van der Waals surface area (Å²) in [4.78, 5) is 12.3. The average Bonchev–Trinajstić information content (AvgIpc) is 3.09. The van der Waals surface area contributed by atoms with Gasteiger partial charge in [-0.05, 0) is 58.0 Å². The molecule has 0 spiro atoms. The normalized spacial score (nSPS) is 10.6. The van der Waals surface area contributed by atoms with Crippen LogP contribution in [-0.4, -0.2) is 15.7 Å². The zero-order valence-electron chi connectivity index (χ0n) is 12.7. The van der Waals surface area contributed by atoms with Crippen LogP contribution >= 0.6 is 38.5 Å². The Balaban J connectivity index is 1.60. The van der Waals surface area contributed by atoms with Crippen LogP contribution in [0.5, 0.6) is 0 Å². The number of benzene rings is 2. The number of hydrogen-bond acceptors (Lipinski definition) is 2. The molecule has 4 nitrogen and oxygen atoms in total. The van der Waals surface area contributed by atoms with E-state index < -0.39 is 0 Å². The van der Waals surface area contributed by atoms with Crippen LogP contribution in [-0.2, 0) is 13.1 Å². The molecule has 6 heteroatoms. The maximum atomic E-state index is 12.3. The quantitative estimate of drug-likeness (QED) is 0.538. The van der Waals surface area contributed by atoms with Gasteiger partial charge in [-0.15, -0.1) is 0 Å². The van der Waals surface area contributed by atoms with Crippen LogP contribution in [0, 0.1) is 3.57 Å². The maximum Gasteiger partial charge on any atom is 0.252 e. The van der Waals surface area contributed by atoms with Crippen molar-refractivity contribution in [1.29, 1.82) is 0 Å². The Morgan fingerprint density at radius 3 is 2.62 bits per heavy atom. The molecule has 0 unspecified atom stereocenters. The second-order valence-electron chi connectivity index (χ2n) is 5.33. The van der Waals surface area contributed by atoms with Gasteiger partial charge in [0, 0.05) is 27.0 Å². The fourth-order valence-electron chi connectivity index (χ4n) is 2.29. The van der Waals surface area contributed by atoms with Gasteiger partial charge in [0.05, 0.1) is 12.1 Å². The molecule has 0 fully saturated rings. The minimum atomic E-state index is -0.0682. The molecule has 0 saturated carbocycles. The van der Waals surface area contributed by atoms with Crippen molar-refractivity contribution in [2.45, 2.75) is 13.1 Å². The number of nitrogens with zero attached hydrogens (tertiary/aromatic N) is 2. The minimum absolute atomic E-state index is 0.0682. The third kappa shape index (κ3) is 4.45. The first-order chi connectivity index (χ1) is 11.6. The lowest BCUT2D eigenvalue weighted by atomic mass is 10.1. The number of nitrogens with one attached hydrogen (secondary N) is 1. The molecule has 3 rings (SSSR count). The predicted molar refractivity (Wildman–Crippen MR) is 106 cm³/mol. The molecule has 0 aliphatic heterocycles. The van der Waals surface area contributed by atoms with Crippen molar-refractivity contribution in [3.05, 3.63) is 85.7 Å². The van der Waals surface area contributed by atoms with E-state index in [1.807, 2.05) is 47.3 Å². The standard InChI is InChI=1S/C18H15BrIN3O/c19-15-6-7-17(20)16(10-15)18(24)21-11-13-2-4-14(5-3-13)12-23-9-1-8-22-23/h1-10H,11-12H2,(H,21,24). The molecular formula is C18H15BrIN3O. The van der Waals surface area contributed by atoms with Gasteiger partial charge in [0.2, 0.25) is 0 Å². The van der Waals surface area contributed by atoms with Crippen molar-refractivity contribution in [2.24, 2.45) is 0 Å². The van der Waals surface area contributed by atoms with E-state index in [-0.39, 0.29) is 5.91 Å². The first-order valence-electron chi connectivity index (χ1n) is 7.40. The van der Waals surface area contributed by atoms with E-state index in [2.05, 4.69) is 61.1 Å². The number of amides is 1. The third-order valence-corrected chi connectivity index (χ3v) is 4.99. The highest BCUT2D eigenvalue weighted by Crippen LogP contribution is 2.18. The molecule has 0 radical (unpaired) electrons. The Hall–Kier alpha value is -1.67. The third-order valence-electron chi connectivity index (χ3n) is 3.55. The monoisotopic (exact) mass is 495 g/mol. The van der Waals surface area contributed by atoms with Crippen LogP contribution in [0.1, 0.15) is 21.5 Å². The van der Waals surface area contributed by atoms with Crippen LogP contribution in [0.4, 0.5) is 0 Å². The second-order valence-corrected chi connectivity index (χ2v) is 7.40. The van der Waals surface area contributed by atoms with Gasteiger partial charge in [0.25, 0.3) is 5.91 Å². The summed E-state index contributed by atoms with van der Waals surface area (Å²) < 4.78 is 3.71. The highest BCUT2D eigenvalue weighted by molar-refractivity contribution is 14.1. The number of hydrogen-bond donors (Lipinski definition) is 1. The van der Waals surface area contributed by atoms with E-state index in [0.717, 1.165) is 20.2 Å². The summed E-state index contributed by atoms with van der Waals surface area (Å²) in [6.07, 6.45) is 3.71. The Morgan fingerprint density at radius 1 is 1.17 bits per heavy atom. The molecule has 0 aliphatic carbocycles. The Kier molecular flexibility index (Phi) is 5.68. The SMILES string of the molecule is O=C(NCc1ccc(Cn2cccn2)cc1)c1cc(Br)ccc1I. The van der Waals surface area contributed by atoms with Crippen molar-refractivity contribution in [2.75, 3.05) is 0 Å². The summed E-state index contributed by atoms with van der Waals surface area (Å²) in [5.74, 6) is -0.0682. The molecule has 3 aromatic rings. The lowest BCUT2D eigenvalue weighted by molar-refractivity contribution is 0.0950. The fourth-order valence-corrected chi connectivity index (χ4v) is 3.23. The average molecular weight is 496 g/mol. The number of carbonyl (C=O) groups excluding carboxylic acids is 1. The van der Waals surface area contributed by atoms with Gasteiger partial charge in [-0.25, -0.2) is 0 Å². The molecule has 0 aliphatic rings. The van der Waals surface area contributed by atoms with Crippen molar-refractivity contribution in [3.8, 4) is 0 Å². The molecule has 122 valence electrons. The van der Waals surface area contributed by atoms with Crippen LogP contribution in [0.2, 0.25) is 0 Å². The van der Waals surface area contributed by atoms with Gasteiger partial charge in [0.1, 0.15) is 0 Å². The van der Waals surface area contributed by atoms with Crippen molar-refractivity contribution < 1.29 is 4.79 Å². The summed E-state index contributed by atoms with van der Waals surface area (Å²) >= 11 is 5.57. The highest BCUT2D eigenvalue weighted by atomic mass is 127. The summed E-state index contributed by atoms with van der Waals surface area (Å²) in [6, 6.07) is 15.8. The lowest BCUT2D eigenvalue weighted by Crippen LogP contribution is -2.23. The summed E-state index contributed by atoms with van der Waals surface area (Å²) in [5.41, 5.74) is 2.92. The maximum absolute atomic E-state index is 12.3. The van der Waals surface area contributed by atoms with Gasteiger partial charge >= 0.3 is 0 Å². The molecule has 0 bridgehead atoms. The smallest absolute Gasteiger partial charge is 0.252 e. The van der Waals surface area contributed by atoms with Crippen LogP contribution < -0.4 is 5.32 Å². The number of rotatable bonds is 5. The highest BCUT2D eigenvalue weighted by Gasteiger charge is 2.10. The first-order valence-corrected chi connectivity index (χ1v) is 9.27. The zero-order chi connectivity index (χ0) is 16.9. The van der Waals surface area contributed by atoms with Gasteiger partial charge in [-0.2, -0.15) is 5.10 Å². The Bertz CT molecular complexity index is 832. The molecular weight excluding hydrogens is 481 g/mol. The van der Waals surface area contributed by atoms with Gasteiger partial charge in [0.15, 0.2) is 0 Å². The first kappa shape index (κ1) is 17.2. The van der Waals surface area contributed by atoms with E-state index in [0.29, 0.717) is 12.1 Å². The lowest BCUT2D eigenvalue weighted by Gasteiger charge is -2.08. The molecule has 1 amide bonds. The van der Waals surface area contributed by atoms with Crippen LogP contribution in [0.15, 0.2) is 65.4 Å². The summed E-state index contributed by atoms with van der Waals surface area (Å²) in [7, 11) is 0. The molecule has 0 atom stereocenters. The van der Waals surface area contributed by atoms with Gasteiger partial charge in [-0.3, -0.25) is 9.48 Å². The number of carbonyl (C=O) groups is 1. The largest absolute Gasteiger partial charge is 0.348 e. The summed E-state index contributed by atoms with van der Waals surface area (Å²) in [5, 5.41) is 7.16. The fraction of sp³-hybridized carbons (Fsp3) is 0.111. The van der Waals surface area contributed by atoms with E-state index in [4.69, 9.17) is 0 Å².